The Morgan fingerprint density at radius 3 is 2.71 bits per heavy atom. The van der Waals surface area contributed by atoms with E-state index in [0.717, 1.165) is 10.9 Å². The molecule has 0 bridgehead atoms. The summed E-state index contributed by atoms with van der Waals surface area (Å²) < 4.78 is 11.1. The van der Waals surface area contributed by atoms with E-state index in [2.05, 4.69) is 24.1 Å². The number of carbonyl (C=O) groups is 1. The molecule has 0 fully saturated rings. The van der Waals surface area contributed by atoms with Gasteiger partial charge < -0.3 is 14.8 Å². The lowest BCUT2D eigenvalue weighted by Gasteiger charge is -2.13. The molecule has 3 rings (SSSR count). The predicted octanol–water partition coefficient (Wildman–Crippen LogP) is 5.25. The molecule has 1 N–H and O–H groups in total. The fraction of sp³-hybridized carbons (Fsp3) is 0.208. The molecule has 0 unspecified atom stereocenters. The van der Waals surface area contributed by atoms with E-state index in [4.69, 9.17) is 9.47 Å². The summed E-state index contributed by atoms with van der Waals surface area (Å²) in [7, 11) is 1.55. The summed E-state index contributed by atoms with van der Waals surface area (Å²) in [4.78, 5) is 17.0. The molecule has 0 saturated carbocycles. The molecule has 0 aliphatic rings. The van der Waals surface area contributed by atoms with Crippen molar-refractivity contribution in [3.63, 3.8) is 0 Å². The van der Waals surface area contributed by atoms with Gasteiger partial charge in [0.1, 0.15) is 11.6 Å². The molecular weight excluding hydrogens is 414 g/mol. The third-order valence-electron chi connectivity index (χ3n) is 4.33. The fourth-order valence-corrected chi connectivity index (χ4v) is 2.87. The van der Waals surface area contributed by atoms with Crippen LogP contribution in [0.25, 0.3) is 17.0 Å². The Bertz CT molecular complexity index is 1130. The Morgan fingerprint density at radius 1 is 1.19 bits per heavy atom. The van der Waals surface area contributed by atoms with Crippen LogP contribution in [0.15, 0.2) is 60.3 Å². The van der Waals surface area contributed by atoms with Crippen molar-refractivity contribution in [3.8, 4) is 17.6 Å². The van der Waals surface area contributed by atoms with Gasteiger partial charge in [0, 0.05) is 11.6 Å². The second-order valence-electron chi connectivity index (χ2n) is 7.11. The number of anilines is 1. The van der Waals surface area contributed by atoms with Crippen LogP contribution in [0.5, 0.6) is 11.5 Å². The molecule has 0 atom stereocenters. The number of fused-ring (bicyclic) bond motifs is 1. The zero-order valence-electron chi connectivity index (χ0n) is 17.6. The van der Waals surface area contributed by atoms with E-state index in [-0.39, 0.29) is 18.0 Å². The number of halogens is 1. The Balaban J connectivity index is 0.00000341. The summed E-state index contributed by atoms with van der Waals surface area (Å²) >= 11 is 0. The molecule has 1 heterocycles. The highest BCUT2D eigenvalue weighted by Gasteiger charge is 2.13. The second kappa shape index (κ2) is 11.0. The maximum Gasteiger partial charge on any atom is 0.266 e. The molecule has 160 valence electrons. The number of hydrogen-bond donors (Lipinski definition) is 1. The van der Waals surface area contributed by atoms with E-state index in [1.807, 2.05) is 24.3 Å². The van der Waals surface area contributed by atoms with E-state index in [0.29, 0.717) is 35.3 Å². The highest BCUT2D eigenvalue weighted by molar-refractivity contribution is 6.12. The highest BCUT2D eigenvalue weighted by atomic mass is 35.5. The van der Waals surface area contributed by atoms with Gasteiger partial charge in [-0.1, -0.05) is 26.0 Å². The number of amides is 1. The van der Waals surface area contributed by atoms with Gasteiger partial charge in [0.05, 0.1) is 24.9 Å². The van der Waals surface area contributed by atoms with Crippen LogP contribution in [0.2, 0.25) is 0 Å². The Morgan fingerprint density at radius 2 is 2.00 bits per heavy atom. The number of nitriles is 1. The van der Waals surface area contributed by atoms with Gasteiger partial charge in [-0.05, 0) is 54.0 Å². The van der Waals surface area contributed by atoms with E-state index in [9.17, 15) is 10.1 Å². The first-order chi connectivity index (χ1) is 14.5. The number of carbonyl (C=O) groups excluding carboxylic acids is 1. The van der Waals surface area contributed by atoms with Gasteiger partial charge in [-0.2, -0.15) is 5.26 Å². The molecular formula is C24H24ClN3O3. The van der Waals surface area contributed by atoms with Crippen LogP contribution in [-0.2, 0) is 4.79 Å². The average Bonchev–Trinajstić information content (AvgIpc) is 2.76. The molecule has 7 heteroatoms. The molecule has 2 aromatic carbocycles. The van der Waals surface area contributed by atoms with E-state index >= 15 is 0 Å². The molecule has 1 aromatic heterocycles. The number of hydrogen-bond acceptors (Lipinski definition) is 5. The van der Waals surface area contributed by atoms with Crippen LogP contribution in [0.1, 0.15) is 19.4 Å². The summed E-state index contributed by atoms with van der Waals surface area (Å²) in [6.07, 6.45) is 3.21. The fourth-order valence-electron chi connectivity index (χ4n) is 2.87. The van der Waals surface area contributed by atoms with Gasteiger partial charge in [-0.15, -0.1) is 12.4 Å². The summed E-state index contributed by atoms with van der Waals surface area (Å²) in [6, 6.07) is 16.4. The van der Waals surface area contributed by atoms with Crippen molar-refractivity contribution in [2.24, 2.45) is 5.92 Å². The molecule has 3 aromatic rings. The maximum absolute atomic E-state index is 12.7. The SMILES string of the molecule is COc1cc(C=C(C#N)C(=O)Nc2cccc3ncccc23)ccc1OCC(C)C.Cl. The van der Waals surface area contributed by atoms with Crippen molar-refractivity contribution in [2.45, 2.75) is 13.8 Å². The Hall–Kier alpha value is -3.56. The smallest absolute Gasteiger partial charge is 0.266 e. The van der Waals surface area contributed by atoms with Crippen LogP contribution in [0.4, 0.5) is 5.69 Å². The Labute approximate surface area is 187 Å². The second-order valence-corrected chi connectivity index (χ2v) is 7.11. The minimum Gasteiger partial charge on any atom is -0.493 e. The molecule has 0 saturated heterocycles. The standard InChI is InChI=1S/C24H23N3O3.ClH/c1-16(2)15-30-22-10-9-17(13-23(22)29-3)12-18(14-25)24(28)27-21-8-4-7-20-19(21)6-5-11-26-20;/h4-13,16H,15H2,1-3H3,(H,27,28);1H. The van der Waals surface area contributed by atoms with Crippen molar-refractivity contribution in [2.75, 3.05) is 19.0 Å². The minimum absolute atomic E-state index is 0. The van der Waals surface area contributed by atoms with Crippen molar-refractivity contribution in [1.29, 1.82) is 5.26 Å². The van der Waals surface area contributed by atoms with Crippen molar-refractivity contribution in [3.05, 3.63) is 65.9 Å². The third kappa shape index (κ3) is 5.97. The maximum atomic E-state index is 12.7. The van der Waals surface area contributed by atoms with Gasteiger partial charge in [-0.3, -0.25) is 9.78 Å². The third-order valence-corrected chi connectivity index (χ3v) is 4.33. The normalized spacial score (nSPS) is 10.9. The number of ether oxygens (including phenoxy) is 2. The van der Waals surface area contributed by atoms with Gasteiger partial charge in [0.15, 0.2) is 11.5 Å². The van der Waals surface area contributed by atoms with E-state index in [1.165, 1.54) is 6.08 Å². The number of methoxy groups -OCH3 is 1. The zero-order valence-corrected chi connectivity index (χ0v) is 18.4. The number of nitrogens with zero attached hydrogens (tertiary/aromatic N) is 2. The monoisotopic (exact) mass is 437 g/mol. The van der Waals surface area contributed by atoms with Gasteiger partial charge in [0.25, 0.3) is 5.91 Å². The summed E-state index contributed by atoms with van der Waals surface area (Å²) in [6.45, 7) is 4.69. The molecule has 0 radical (unpaired) electrons. The molecule has 0 spiro atoms. The molecule has 0 aliphatic carbocycles. The lowest BCUT2D eigenvalue weighted by molar-refractivity contribution is -0.112. The quantitative estimate of drug-likeness (QED) is 0.403. The van der Waals surface area contributed by atoms with Crippen LogP contribution in [0.3, 0.4) is 0 Å². The van der Waals surface area contributed by atoms with Crippen LogP contribution in [0, 0.1) is 17.2 Å². The van der Waals surface area contributed by atoms with Crippen molar-refractivity contribution in [1.82, 2.24) is 4.98 Å². The molecule has 1 amide bonds. The van der Waals surface area contributed by atoms with E-state index < -0.39 is 5.91 Å². The van der Waals surface area contributed by atoms with Crippen LogP contribution in [-0.4, -0.2) is 24.6 Å². The number of aromatic nitrogens is 1. The van der Waals surface area contributed by atoms with Crippen LogP contribution >= 0.6 is 12.4 Å². The topological polar surface area (TPSA) is 84.2 Å². The zero-order chi connectivity index (χ0) is 21.5. The Kier molecular flexibility index (Phi) is 8.42. The lowest BCUT2D eigenvalue weighted by atomic mass is 10.1. The summed E-state index contributed by atoms with van der Waals surface area (Å²) in [5, 5.41) is 13.1. The minimum atomic E-state index is -0.493. The number of rotatable bonds is 7. The number of nitrogens with one attached hydrogen (secondary N) is 1. The predicted molar refractivity (Wildman–Crippen MR) is 125 cm³/mol. The first-order valence-electron chi connectivity index (χ1n) is 9.59. The van der Waals surface area contributed by atoms with Crippen LogP contribution < -0.4 is 14.8 Å². The van der Waals surface area contributed by atoms with Crippen molar-refractivity contribution < 1.29 is 14.3 Å². The molecule has 6 nitrogen and oxygen atoms in total. The largest absolute Gasteiger partial charge is 0.493 e. The first-order valence-corrected chi connectivity index (χ1v) is 9.59. The van der Waals surface area contributed by atoms with E-state index in [1.54, 1.807) is 43.6 Å². The molecule has 0 aliphatic heterocycles. The molecule has 31 heavy (non-hydrogen) atoms. The number of benzene rings is 2. The van der Waals surface area contributed by atoms with Crippen molar-refractivity contribution >= 4 is 41.0 Å². The van der Waals surface area contributed by atoms with Gasteiger partial charge in [-0.25, -0.2) is 0 Å². The first kappa shape index (κ1) is 23.7. The van der Waals surface area contributed by atoms with Gasteiger partial charge >= 0.3 is 0 Å². The summed E-state index contributed by atoms with van der Waals surface area (Å²) in [5.41, 5.74) is 2.00. The lowest BCUT2D eigenvalue weighted by Crippen LogP contribution is -2.13. The highest BCUT2D eigenvalue weighted by Crippen LogP contribution is 2.29. The number of pyridine rings is 1. The average molecular weight is 438 g/mol. The van der Waals surface area contributed by atoms with Gasteiger partial charge in [0.2, 0.25) is 0 Å². The summed E-state index contributed by atoms with van der Waals surface area (Å²) in [5.74, 6) is 1.05.